The standard InChI is InChI=1S/C24H24ClN7O2/c25-20-12-27-23(30-18-11-29-32(13-18)19-5-9-34-10-6-19)31-21(20)16-1-3-17(4-2-16)22(33)28-15-24(14-26)7-8-24/h1-4,11-13,19H,5-10,15H2,(H,28,33)(H,27,30,31). The predicted molar refractivity (Wildman–Crippen MR) is 127 cm³/mol. The van der Waals surface area contributed by atoms with E-state index in [0.717, 1.165) is 50.1 Å². The lowest BCUT2D eigenvalue weighted by Crippen LogP contribution is -2.29. The molecule has 2 aromatic heterocycles. The maximum absolute atomic E-state index is 12.4. The summed E-state index contributed by atoms with van der Waals surface area (Å²) < 4.78 is 7.37. The lowest BCUT2D eigenvalue weighted by atomic mass is 10.1. The summed E-state index contributed by atoms with van der Waals surface area (Å²) in [6, 6.07) is 9.65. The molecule has 2 fully saturated rings. The topological polar surface area (TPSA) is 118 Å². The van der Waals surface area contributed by atoms with Crippen molar-refractivity contribution >= 4 is 29.1 Å². The molecule has 1 aromatic carbocycles. The molecule has 5 rings (SSSR count). The molecule has 1 saturated carbocycles. The first kappa shape index (κ1) is 22.3. The number of hydrogen-bond acceptors (Lipinski definition) is 7. The SMILES string of the molecule is N#CC1(CNC(=O)c2ccc(-c3nc(Nc4cnn(C5CCOCC5)c4)ncc3Cl)cc2)CC1. The van der Waals surface area contributed by atoms with Crippen LogP contribution in [0.1, 0.15) is 42.1 Å². The second-order valence-electron chi connectivity index (χ2n) is 8.72. The summed E-state index contributed by atoms with van der Waals surface area (Å²) in [4.78, 5) is 21.3. The lowest BCUT2D eigenvalue weighted by Gasteiger charge is -2.22. The predicted octanol–water partition coefficient (Wildman–Crippen LogP) is 4.12. The Balaban J connectivity index is 1.27. The molecule has 1 saturated heterocycles. The molecule has 0 atom stereocenters. The van der Waals surface area contributed by atoms with E-state index in [0.29, 0.717) is 34.8 Å². The summed E-state index contributed by atoms with van der Waals surface area (Å²) in [5, 5.41) is 20.1. The van der Waals surface area contributed by atoms with E-state index in [-0.39, 0.29) is 11.3 Å². The van der Waals surface area contributed by atoms with E-state index in [1.165, 1.54) is 0 Å². The van der Waals surface area contributed by atoms with Crippen molar-refractivity contribution in [2.75, 3.05) is 25.1 Å². The van der Waals surface area contributed by atoms with Crippen LogP contribution in [-0.2, 0) is 4.74 Å². The molecule has 2 aliphatic rings. The molecular weight excluding hydrogens is 454 g/mol. The second-order valence-corrected chi connectivity index (χ2v) is 9.13. The number of amides is 1. The number of nitriles is 1. The second kappa shape index (κ2) is 9.41. The average Bonchev–Trinajstić information content (AvgIpc) is 3.52. The maximum Gasteiger partial charge on any atom is 0.251 e. The summed E-state index contributed by atoms with van der Waals surface area (Å²) in [6.45, 7) is 1.87. The highest BCUT2D eigenvalue weighted by Gasteiger charge is 2.43. The molecule has 34 heavy (non-hydrogen) atoms. The number of nitrogens with zero attached hydrogens (tertiary/aromatic N) is 5. The van der Waals surface area contributed by atoms with E-state index in [4.69, 9.17) is 21.6 Å². The number of anilines is 2. The van der Waals surface area contributed by atoms with Gasteiger partial charge >= 0.3 is 0 Å². The Morgan fingerprint density at radius 3 is 2.71 bits per heavy atom. The summed E-state index contributed by atoms with van der Waals surface area (Å²) in [5.41, 5.74) is 2.25. The summed E-state index contributed by atoms with van der Waals surface area (Å²) >= 11 is 6.37. The van der Waals surface area contributed by atoms with Crippen LogP contribution < -0.4 is 10.6 Å². The third-order valence-electron chi connectivity index (χ3n) is 6.27. The van der Waals surface area contributed by atoms with Gasteiger partial charge in [-0.3, -0.25) is 9.48 Å². The molecule has 2 N–H and O–H groups in total. The van der Waals surface area contributed by atoms with Crippen molar-refractivity contribution in [3.05, 3.63) is 53.4 Å². The zero-order chi connectivity index (χ0) is 23.5. The molecule has 1 aliphatic carbocycles. The number of halogens is 1. The Kier molecular flexibility index (Phi) is 6.18. The minimum Gasteiger partial charge on any atom is -0.381 e. The lowest BCUT2D eigenvalue weighted by molar-refractivity contribution is 0.0662. The maximum atomic E-state index is 12.4. The Labute approximate surface area is 202 Å². The van der Waals surface area contributed by atoms with Gasteiger partial charge in [0.05, 0.1) is 46.3 Å². The van der Waals surface area contributed by atoms with Gasteiger partial charge in [0.25, 0.3) is 5.91 Å². The number of rotatable bonds is 7. The minimum absolute atomic E-state index is 0.203. The fraction of sp³-hybridized carbons (Fsp3) is 0.375. The Bertz CT molecular complexity index is 1220. The molecule has 0 spiro atoms. The molecule has 0 unspecified atom stereocenters. The third kappa shape index (κ3) is 4.88. The van der Waals surface area contributed by atoms with Crippen LogP contribution in [0.2, 0.25) is 5.02 Å². The van der Waals surface area contributed by atoms with E-state index in [2.05, 4.69) is 31.8 Å². The van der Waals surface area contributed by atoms with Gasteiger partial charge in [0, 0.05) is 37.1 Å². The molecule has 1 amide bonds. The summed E-state index contributed by atoms with van der Waals surface area (Å²) in [5.74, 6) is 0.199. The van der Waals surface area contributed by atoms with Crippen LogP contribution in [-0.4, -0.2) is 45.4 Å². The van der Waals surface area contributed by atoms with Crippen LogP contribution in [0.3, 0.4) is 0 Å². The first-order chi connectivity index (χ1) is 16.5. The van der Waals surface area contributed by atoms with Crippen molar-refractivity contribution in [1.82, 2.24) is 25.1 Å². The number of nitrogens with one attached hydrogen (secondary N) is 2. The molecule has 10 heteroatoms. The van der Waals surface area contributed by atoms with Crippen LogP contribution in [0.25, 0.3) is 11.3 Å². The number of carbonyl (C=O) groups is 1. The zero-order valence-corrected chi connectivity index (χ0v) is 19.3. The van der Waals surface area contributed by atoms with E-state index >= 15 is 0 Å². The van der Waals surface area contributed by atoms with Gasteiger partial charge in [0.1, 0.15) is 0 Å². The molecule has 0 bridgehead atoms. The zero-order valence-electron chi connectivity index (χ0n) is 18.5. The summed E-state index contributed by atoms with van der Waals surface area (Å²) in [7, 11) is 0. The van der Waals surface area contributed by atoms with E-state index in [9.17, 15) is 4.79 Å². The van der Waals surface area contributed by atoms with Gasteiger partial charge in [-0.25, -0.2) is 9.97 Å². The molecule has 1 aliphatic heterocycles. The Morgan fingerprint density at radius 1 is 1.24 bits per heavy atom. The van der Waals surface area contributed by atoms with Crippen molar-refractivity contribution in [2.24, 2.45) is 5.41 Å². The Hall–Kier alpha value is -3.48. The molecular formula is C24H24ClN7O2. The number of ether oxygens (including phenoxy) is 1. The van der Waals surface area contributed by atoms with Crippen LogP contribution >= 0.6 is 11.6 Å². The number of aromatic nitrogens is 4. The van der Waals surface area contributed by atoms with E-state index < -0.39 is 0 Å². The molecule has 3 aromatic rings. The van der Waals surface area contributed by atoms with Crippen molar-refractivity contribution < 1.29 is 9.53 Å². The molecule has 9 nitrogen and oxygen atoms in total. The van der Waals surface area contributed by atoms with Crippen molar-refractivity contribution in [1.29, 1.82) is 5.26 Å². The normalized spacial score (nSPS) is 17.1. The smallest absolute Gasteiger partial charge is 0.251 e. The number of benzene rings is 1. The fourth-order valence-electron chi connectivity index (χ4n) is 3.92. The van der Waals surface area contributed by atoms with E-state index in [1.807, 2.05) is 10.9 Å². The monoisotopic (exact) mass is 477 g/mol. The first-order valence-corrected chi connectivity index (χ1v) is 11.6. The van der Waals surface area contributed by atoms with Gasteiger partial charge in [0.15, 0.2) is 0 Å². The van der Waals surface area contributed by atoms with E-state index in [1.54, 1.807) is 36.7 Å². The van der Waals surface area contributed by atoms with Crippen LogP contribution in [0.5, 0.6) is 0 Å². The van der Waals surface area contributed by atoms with Crippen LogP contribution in [0.4, 0.5) is 11.6 Å². The van der Waals surface area contributed by atoms with Crippen molar-refractivity contribution in [2.45, 2.75) is 31.7 Å². The first-order valence-electron chi connectivity index (χ1n) is 11.3. The highest BCUT2D eigenvalue weighted by Crippen LogP contribution is 2.44. The molecule has 174 valence electrons. The van der Waals surface area contributed by atoms with Gasteiger partial charge in [0.2, 0.25) is 5.95 Å². The van der Waals surface area contributed by atoms with Gasteiger partial charge in [-0.15, -0.1) is 0 Å². The minimum atomic E-state index is -0.380. The van der Waals surface area contributed by atoms with Gasteiger partial charge in [-0.05, 0) is 37.8 Å². The highest BCUT2D eigenvalue weighted by atomic mass is 35.5. The third-order valence-corrected chi connectivity index (χ3v) is 6.54. The van der Waals surface area contributed by atoms with Crippen molar-refractivity contribution in [3.8, 4) is 17.3 Å². The average molecular weight is 478 g/mol. The summed E-state index contributed by atoms with van der Waals surface area (Å²) in [6.07, 6.45) is 8.79. The Morgan fingerprint density at radius 2 is 2.00 bits per heavy atom. The molecule has 3 heterocycles. The van der Waals surface area contributed by atoms with Gasteiger partial charge in [-0.2, -0.15) is 10.4 Å². The van der Waals surface area contributed by atoms with Crippen LogP contribution in [0.15, 0.2) is 42.9 Å². The van der Waals surface area contributed by atoms with Crippen LogP contribution in [0, 0.1) is 16.7 Å². The van der Waals surface area contributed by atoms with Gasteiger partial charge < -0.3 is 15.4 Å². The van der Waals surface area contributed by atoms with Gasteiger partial charge in [-0.1, -0.05) is 23.7 Å². The number of carbonyl (C=O) groups excluding carboxylic acids is 1. The fourth-order valence-corrected chi connectivity index (χ4v) is 4.12. The number of hydrogen-bond donors (Lipinski definition) is 2. The van der Waals surface area contributed by atoms with Crippen molar-refractivity contribution in [3.63, 3.8) is 0 Å². The highest BCUT2D eigenvalue weighted by molar-refractivity contribution is 6.32. The molecule has 0 radical (unpaired) electrons. The quantitative estimate of drug-likeness (QED) is 0.525. The largest absolute Gasteiger partial charge is 0.381 e.